The quantitative estimate of drug-likeness (QED) is 0.0774. The first-order valence-corrected chi connectivity index (χ1v) is 15.4. The predicted octanol–water partition coefficient (Wildman–Crippen LogP) is 7.60. The van der Waals surface area contributed by atoms with Crippen LogP contribution in [0, 0.1) is 6.92 Å². The third kappa shape index (κ3) is 6.22. The second kappa shape index (κ2) is 13.3. The topological polar surface area (TPSA) is 98.2 Å². The number of unbranched alkanes of at least 4 members (excludes halogenated alkanes) is 2. The SMILES string of the molecule is CCCCCOc1ccc(C2C(=C(O)c3ccc(OCCC)cc3)C(=O)C(=O)N2c2nc3ccc(C)cc3s2)cc1OC. The standard InChI is InChI=1S/C34H36N2O6S/c1-5-7-8-18-42-26-16-12-23(20-27(26)40-4)30-29(31(37)22-10-13-24(14-11-22)41-17-6-2)32(38)33(39)36(30)34-35-25-15-9-21(3)19-28(25)43-34/h9-16,19-20,30,37H,5-8,17-18H2,1-4H3. The first kappa shape index (κ1) is 30.1. The summed E-state index contributed by atoms with van der Waals surface area (Å²) in [5.74, 6) is -0.135. The Morgan fingerprint density at radius 2 is 1.72 bits per heavy atom. The number of carbonyl (C=O) groups excluding carboxylic acids is 2. The maximum Gasteiger partial charge on any atom is 0.301 e. The smallest absolute Gasteiger partial charge is 0.301 e. The molecule has 0 saturated carbocycles. The van der Waals surface area contributed by atoms with E-state index in [0.29, 0.717) is 46.7 Å². The number of hydrogen-bond acceptors (Lipinski definition) is 8. The molecule has 1 unspecified atom stereocenters. The third-order valence-corrected chi connectivity index (χ3v) is 8.31. The summed E-state index contributed by atoms with van der Waals surface area (Å²) in [6.07, 6.45) is 3.92. The van der Waals surface area contributed by atoms with Crippen LogP contribution in [-0.2, 0) is 9.59 Å². The molecular formula is C34H36N2O6S. The Labute approximate surface area is 255 Å². The van der Waals surface area contributed by atoms with Gasteiger partial charge in [0.05, 0.1) is 42.2 Å². The van der Waals surface area contributed by atoms with Crippen molar-refractivity contribution in [3.8, 4) is 17.2 Å². The minimum atomic E-state index is -0.944. The molecule has 1 atom stereocenters. The summed E-state index contributed by atoms with van der Waals surface area (Å²) >= 11 is 1.33. The summed E-state index contributed by atoms with van der Waals surface area (Å²) in [4.78, 5) is 33.5. The van der Waals surface area contributed by atoms with Gasteiger partial charge in [-0.2, -0.15) is 0 Å². The summed E-state index contributed by atoms with van der Waals surface area (Å²) in [7, 11) is 1.55. The Balaban J connectivity index is 1.62. The van der Waals surface area contributed by atoms with Crippen molar-refractivity contribution < 1.29 is 28.9 Å². The van der Waals surface area contributed by atoms with Crippen LogP contribution in [0.1, 0.15) is 62.3 Å². The Morgan fingerprint density at radius 3 is 2.44 bits per heavy atom. The van der Waals surface area contributed by atoms with Gasteiger partial charge in [-0.15, -0.1) is 0 Å². The third-order valence-electron chi connectivity index (χ3n) is 7.29. The summed E-state index contributed by atoms with van der Waals surface area (Å²) in [6, 6.07) is 17.1. The summed E-state index contributed by atoms with van der Waals surface area (Å²) in [6.45, 7) is 7.25. The zero-order valence-corrected chi connectivity index (χ0v) is 25.7. The fourth-order valence-corrected chi connectivity index (χ4v) is 6.15. The molecule has 1 aromatic heterocycles. The molecule has 1 aliphatic heterocycles. The number of thiazole rings is 1. The molecule has 0 bridgehead atoms. The average Bonchev–Trinajstić information content (AvgIpc) is 3.55. The van der Waals surface area contributed by atoms with Crippen molar-refractivity contribution in [3.63, 3.8) is 0 Å². The van der Waals surface area contributed by atoms with E-state index in [1.54, 1.807) is 49.6 Å². The largest absolute Gasteiger partial charge is 0.507 e. The van der Waals surface area contributed by atoms with E-state index in [4.69, 9.17) is 19.2 Å². The first-order chi connectivity index (χ1) is 20.9. The number of hydrogen-bond donors (Lipinski definition) is 1. The van der Waals surface area contributed by atoms with E-state index in [0.717, 1.165) is 41.5 Å². The lowest BCUT2D eigenvalue weighted by molar-refractivity contribution is -0.132. The number of fused-ring (bicyclic) bond motifs is 1. The van der Waals surface area contributed by atoms with Crippen LogP contribution < -0.4 is 19.1 Å². The summed E-state index contributed by atoms with van der Waals surface area (Å²) < 4.78 is 18.2. The molecule has 1 fully saturated rings. The van der Waals surface area contributed by atoms with E-state index in [1.165, 1.54) is 16.2 Å². The Morgan fingerprint density at radius 1 is 0.930 bits per heavy atom. The van der Waals surface area contributed by atoms with E-state index >= 15 is 0 Å². The van der Waals surface area contributed by atoms with E-state index in [9.17, 15) is 14.7 Å². The highest BCUT2D eigenvalue weighted by molar-refractivity contribution is 7.22. The molecule has 0 spiro atoms. The van der Waals surface area contributed by atoms with Crippen molar-refractivity contribution in [2.45, 2.75) is 52.5 Å². The van der Waals surface area contributed by atoms with Gasteiger partial charge in [-0.05, 0) is 79.4 Å². The number of ether oxygens (including phenoxy) is 3. The molecule has 1 N–H and O–H groups in total. The van der Waals surface area contributed by atoms with Crippen molar-refractivity contribution in [2.24, 2.45) is 0 Å². The lowest BCUT2D eigenvalue weighted by atomic mass is 9.95. The number of aliphatic hydroxyl groups excluding tert-OH is 1. The molecule has 8 nitrogen and oxygen atoms in total. The van der Waals surface area contributed by atoms with Crippen LogP contribution in [0.2, 0.25) is 0 Å². The molecule has 2 heterocycles. The van der Waals surface area contributed by atoms with Gasteiger partial charge in [0, 0.05) is 5.56 Å². The average molecular weight is 601 g/mol. The van der Waals surface area contributed by atoms with Crippen LogP contribution in [0.5, 0.6) is 17.2 Å². The molecule has 1 amide bonds. The highest BCUT2D eigenvalue weighted by Gasteiger charge is 2.48. The number of aromatic nitrogens is 1. The van der Waals surface area contributed by atoms with E-state index in [2.05, 4.69) is 6.92 Å². The minimum Gasteiger partial charge on any atom is -0.507 e. The van der Waals surface area contributed by atoms with Gasteiger partial charge >= 0.3 is 5.91 Å². The molecule has 3 aromatic carbocycles. The maximum absolute atomic E-state index is 13.7. The van der Waals surface area contributed by atoms with Crippen molar-refractivity contribution in [2.75, 3.05) is 25.2 Å². The van der Waals surface area contributed by atoms with Gasteiger partial charge in [-0.1, -0.05) is 50.2 Å². The fourth-order valence-electron chi connectivity index (χ4n) is 5.06. The van der Waals surface area contributed by atoms with E-state index in [-0.39, 0.29) is 11.3 Å². The number of methoxy groups -OCH3 is 1. The van der Waals surface area contributed by atoms with E-state index in [1.807, 2.05) is 32.0 Å². The number of nitrogens with zero attached hydrogens (tertiary/aromatic N) is 2. The van der Waals surface area contributed by atoms with Crippen molar-refractivity contribution in [1.29, 1.82) is 0 Å². The molecule has 9 heteroatoms. The van der Waals surface area contributed by atoms with Crippen molar-refractivity contribution >= 4 is 44.1 Å². The number of amides is 1. The molecule has 1 saturated heterocycles. The number of Topliss-reactive ketones (excluding diaryl/α,β-unsaturated/α-hetero) is 1. The molecule has 224 valence electrons. The van der Waals surface area contributed by atoms with E-state index < -0.39 is 17.7 Å². The van der Waals surface area contributed by atoms with Crippen LogP contribution in [0.15, 0.2) is 66.2 Å². The van der Waals surface area contributed by atoms with Gasteiger partial charge in [0.1, 0.15) is 11.5 Å². The van der Waals surface area contributed by atoms with Crippen LogP contribution >= 0.6 is 11.3 Å². The van der Waals surface area contributed by atoms with Gasteiger partial charge in [0.15, 0.2) is 16.6 Å². The van der Waals surface area contributed by atoms with Crippen molar-refractivity contribution in [1.82, 2.24) is 4.98 Å². The number of ketones is 1. The molecule has 0 radical (unpaired) electrons. The van der Waals surface area contributed by atoms with Crippen LogP contribution in [0.3, 0.4) is 0 Å². The lowest BCUT2D eigenvalue weighted by Gasteiger charge is -2.24. The molecule has 43 heavy (non-hydrogen) atoms. The second-order valence-corrected chi connectivity index (χ2v) is 11.5. The second-order valence-electron chi connectivity index (χ2n) is 10.5. The van der Waals surface area contributed by atoms with Gasteiger partial charge in [-0.25, -0.2) is 4.98 Å². The number of aryl methyl sites for hydroxylation is 1. The molecule has 0 aliphatic carbocycles. The number of anilines is 1. The zero-order chi connectivity index (χ0) is 30.5. The Bertz CT molecular complexity index is 1660. The van der Waals surface area contributed by atoms with Crippen LogP contribution in [-0.4, -0.2) is 42.1 Å². The predicted molar refractivity (Wildman–Crippen MR) is 169 cm³/mol. The maximum atomic E-state index is 13.7. The first-order valence-electron chi connectivity index (χ1n) is 14.6. The fraction of sp³-hybridized carbons (Fsp3) is 0.324. The monoisotopic (exact) mass is 600 g/mol. The molecule has 5 rings (SSSR count). The van der Waals surface area contributed by atoms with Gasteiger partial charge in [-0.3, -0.25) is 14.5 Å². The van der Waals surface area contributed by atoms with Crippen molar-refractivity contribution in [3.05, 3.63) is 82.9 Å². The summed E-state index contributed by atoms with van der Waals surface area (Å²) in [5.41, 5.74) is 2.74. The Kier molecular flexibility index (Phi) is 9.31. The van der Waals surface area contributed by atoms with Crippen LogP contribution in [0.25, 0.3) is 16.0 Å². The number of carbonyl (C=O) groups is 2. The highest BCUT2D eigenvalue weighted by Crippen LogP contribution is 2.46. The molecular weight excluding hydrogens is 564 g/mol. The zero-order valence-electron chi connectivity index (χ0n) is 24.9. The lowest BCUT2D eigenvalue weighted by Crippen LogP contribution is -2.29. The number of rotatable bonds is 12. The minimum absolute atomic E-state index is 0.0265. The van der Waals surface area contributed by atoms with Gasteiger partial charge in [0.25, 0.3) is 5.78 Å². The van der Waals surface area contributed by atoms with Crippen LogP contribution in [0.4, 0.5) is 5.13 Å². The molecule has 4 aromatic rings. The normalized spacial score (nSPS) is 16.2. The van der Waals surface area contributed by atoms with Gasteiger partial charge in [0.2, 0.25) is 0 Å². The Hall–Kier alpha value is -4.37. The highest BCUT2D eigenvalue weighted by atomic mass is 32.1. The number of aliphatic hydroxyl groups is 1. The molecule has 1 aliphatic rings. The van der Waals surface area contributed by atoms with Gasteiger partial charge < -0.3 is 19.3 Å². The summed E-state index contributed by atoms with van der Waals surface area (Å²) in [5, 5.41) is 11.9. The number of benzene rings is 3.